The zero-order valence-electron chi connectivity index (χ0n) is 13.0. The number of sulfone groups is 1. The summed E-state index contributed by atoms with van der Waals surface area (Å²) >= 11 is 0. The Morgan fingerprint density at radius 2 is 1.80 bits per heavy atom. The van der Waals surface area contributed by atoms with Gasteiger partial charge >= 0.3 is 0 Å². The normalized spacial score (nSPS) is 11.9. The van der Waals surface area contributed by atoms with Crippen LogP contribution in [0.1, 0.15) is 0 Å². The average Bonchev–Trinajstić information content (AvgIpc) is 3.06. The van der Waals surface area contributed by atoms with Gasteiger partial charge in [-0.3, -0.25) is 0 Å². The van der Waals surface area contributed by atoms with Gasteiger partial charge < -0.3 is 5.32 Å². The van der Waals surface area contributed by atoms with Crippen LogP contribution in [0.5, 0.6) is 0 Å². The van der Waals surface area contributed by atoms with Crippen LogP contribution >= 0.6 is 0 Å². The summed E-state index contributed by atoms with van der Waals surface area (Å²) in [6.45, 7) is 0. The Kier molecular flexibility index (Phi) is 3.39. The van der Waals surface area contributed by atoms with Gasteiger partial charge in [0.25, 0.3) is 0 Å². The Balaban J connectivity index is 2.03. The number of hydrogen-bond donors (Lipinski definition) is 1. The molecule has 0 atom stereocenters. The summed E-state index contributed by atoms with van der Waals surface area (Å²) in [6.07, 6.45) is 0. The van der Waals surface area contributed by atoms with Crippen molar-refractivity contribution in [3.8, 4) is 0 Å². The molecule has 0 saturated heterocycles. The zero-order valence-corrected chi connectivity index (χ0v) is 13.8. The third-order valence-electron chi connectivity index (χ3n) is 3.84. The maximum Gasteiger partial charge on any atom is 0.229 e. The summed E-state index contributed by atoms with van der Waals surface area (Å²) in [5.41, 5.74) is 0.775. The van der Waals surface area contributed by atoms with Crippen molar-refractivity contribution in [3.05, 3.63) is 54.3 Å². The van der Waals surface area contributed by atoms with Gasteiger partial charge in [-0.05, 0) is 36.4 Å². The molecule has 2 heterocycles. The fourth-order valence-electron chi connectivity index (χ4n) is 2.64. The van der Waals surface area contributed by atoms with Crippen molar-refractivity contribution >= 4 is 32.2 Å². The van der Waals surface area contributed by atoms with Crippen molar-refractivity contribution in [1.82, 2.24) is 19.8 Å². The highest BCUT2D eigenvalue weighted by Crippen LogP contribution is 2.27. The fourth-order valence-corrected chi connectivity index (χ4v) is 3.87. The predicted octanol–water partition coefficient (Wildman–Crippen LogP) is 2.29. The van der Waals surface area contributed by atoms with E-state index in [0.29, 0.717) is 11.3 Å². The van der Waals surface area contributed by atoms with E-state index >= 15 is 0 Å². The number of anilines is 1. The van der Waals surface area contributed by atoms with E-state index in [1.165, 1.54) is 16.6 Å². The van der Waals surface area contributed by atoms with Crippen LogP contribution in [0.25, 0.3) is 16.6 Å². The van der Waals surface area contributed by atoms with E-state index in [-0.39, 0.29) is 15.6 Å². The van der Waals surface area contributed by atoms with Gasteiger partial charge in [-0.1, -0.05) is 17.3 Å². The number of nitrogens with zero attached hydrogens (tertiary/aromatic N) is 4. The molecule has 0 unspecified atom stereocenters. The third kappa shape index (κ3) is 2.31. The van der Waals surface area contributed by atoms with Gasteiger partial charge in [0.15, 0.2) is 5.65 Å². The summed E-state index contributed by atoms with van der Waals surface area (Å²) in [4.78, 5) is 4.29. The van der Waals surface area contributed by atoms with E-state index < -0.39 is 15.7 Å². The minimum absolute atomic E-state index is 0.0720. The Morgan fingerprint density at radius 3 is 2.52 bits per heavy atom. The van der Waals surface area contributed by atoms with Crippen molar-refractivity contribution < 1.29 is 12.8 Å². The Labute approximate surface area is 142 Å². The summed E-state index contributed by atoms with van der Waals surface area (Å²) in [6, 6.07) is 11.9. The van der Waals surface area contributed by atoms with E-state index in [1.54, 1.807) is 13.1 Å². The number of hydrogen-bond acceptors (Lipinski definition) is 6. The van der Waals surface area contributed by atoms with Crippen molar-refractivity contribution in [2.75, 3.05) is 12.4 Å². The van der Waals surface area contributed by atoms with Crippen LogP contribution in [0, 0.1) is 5.82 Å². The second kappa shape index (κ2) is 5.49. The van der Waals surface area contributed by atoms with Crippen LogP contribution in [0.15, 0.2) is 58.5 Å². The molecule has 9 heteroatoms. The molecule has 0 radical (unpaired) electrons. The minimum atomic E-state index is -3.98. The maximum atomic E-state index is 13.1. The molecular formula is C16H12FN5O2S. The topological polar surface area (TPSA) is 89.2 Å². The minimum Gasteiger partial charge on any atom is -0.373 e. The van der Waals surface area contributed by atoms with Gasteiger partial charge in [-0.2, -0.15) is 4.52 Å². The number of benzene rings is 2. The van der Waals surface area contributed by atoms with Crippen molar-refractivity contribution in [1.29, 1.82) is 0 Å². The molecule has 0 spiro atoms. The lowest BCUT2D eigenvalue weighted by molar-refractivity contribution is 0.591. The van der Waals surface area contributed by atoms with Crippen molar-refractivity contribution in [2.24, 2.45) is 0 Å². The number of nitrogens with one attached hydrogen (secondary N) is 1. The molecule has 0 aliphatic heterocycles. The van der Waals surface area contributed by atoms with E-state index in [9.17, 15) is 12.8 Å². The Bertz CT molecular complexity index is 1200. The number of halogens is 1. The molecule has 4 aromatic rings. The first-order valence-electron chi connectivity index (χ1n) is 7.35. The predicted molar refractivity (Wildman–Crippen MR) is 89.7 cm³/mol. The van der Waals surface area contributed by atoms with Crippen molar-refractivity contribution in [3.63, 3.8) is 0 Å². The fraction of sp³-hybridized carbons (Fsp3) is 0.0625. The van der Waals surface area contributed by atoms with Crippen LogP contribution in [0.3, 0.4) is 0 Å². The Morgan fingerprint density at radius 1 is 1.08 bits per heavy atom. The Hall–Kier alpha value is -3.07. The molecule has 0 aliphatic carbocycles. The van der Waals surface area contributed by atoms with Gasteiger partial charge in [-0.15, -0.1) is 5.10 Å². The van der Waals surface area contributed by atoms with Crippen LogP contribution in [-0.4, -0.2) is 35.3 Å². The molecule has 126 valence electrons. The van der Waals surface area contributed by atoms with E-state index in [1.807, 2.05) is 18.2 Å². The number of rotatable bonds is 3. The molecule has 0 fully saturated rings. The second-order valence-electron chi connectivity index (χ2n) is 5.31. The summed E-state index contributed by atoms with van der Waals surface area (Å²) in [5.74, 6) is -0.00526. The van der Waals surface area contributed by atoms with E-state index in [0.717, 1.165) is 17.5 Å². The monoisotopic (exact) mass is 357 g/mol. The lowest BCUT2D eigenvalue weighted by atomic mass is 10.2. The van der Waals surface area contributed by atoms with Gasteiger partial charge in [0.05, 0.1) is 10.4 Å². The standard InChI is InChI=1S/C16H12FN5O2S/c1-18-14-12-4-2-3-5-13(12)22-15(19-14)16(20-21-22)25(23,24)11-8-6-10(17)7-9-11/h2-9H,1H3,(H,18,19). The average molecular weight is 357 g/mol. The van der Waals surface area contributed by atoms with Gasteiger partial charge in [0.2, 0.25) is 14.9 Å². The SMILES string of the molecule is CNc1nc2c(S(=O)(=O)c3ccc(F)cc3)nnn2c2ccccc12. The summed E-state index contributed by atoms with van der Waals surface area (Å²) in [5, 5.41) is 11.2. The highest BCUT2D eigenvalue weighted by molar-refractivity contribution is 7.91. The van der Waals surface area contributed by atoms with Crippen LogP contribution in [-0.2, 0) is 9.84 Å². The molecule has 2 aromatic carbocycles. The maximum absolute atomic E-state index is 13.1. The molecule has 2 aromatic heterocycles. The van der Waals surface area contributed by atoms with Crippen LogP contribution in [0.4, 0.5) is 10.2 Å². The summed E-state index contributed by atoms with van der Waals surface area (Å²) in [7, 11) is -2.29. The first-order chi connectivity index (χ1) is 12.0. The molecule has 4 rings (SSSR count). The molecule has 25 heavy (non-hydrogen) atoms. The van der Waals surface area contributed by atoms with Gasteiger partial charge in [0, 0.05) is 12.4 Å². The van der Waals surface area contributed by atoms with E-state index in [4.69, 9.17) is 0 Å². The molecule has 0 bridgehead atoms. The molecule has 7 nitrogen and oxygen atoms in total. The smallest absolute Gasteiger partial charge is 0.229 e. The highest BCUT2D eigenvalue weighted by Gasteiger charge is 2.27. The lowest BCUT2D eigenvalue weighted by Crippen LogP contribution is -2.05. The molecular weight excluding hydrogens is 345 g/mol. The highest BCUT2D eigenvalue weighted by atomic mass is 32.2. The number of fused-ring (bicyclic) bond motifs is 3. The third-order valence-corrected chi connectivity index (χ3v) is 5.50. The number of aromatic nitrogens is 4. The quantitative estimate of drug-likeness (QED) is 0.566. The van der Waals surface area contributed by atoms with E-state index in [2.05, 4.69) is 20.6 Å². The largest absolute Gasteiger partial charge is 0.373 e. The van der Waals surface area contributed by atoms with Gasteiger partial charge in [-0.25, -0.2) is 17.8 Å². The van der Waals surface area contributed by atoms with Crippen molar-refractivity contribution in [2.45, 2.75) is 9.92 Å². The van der Waals surface area contributed by atoms with Crippen LogP contribution in [0.2, 0.25) is 0 Å². The zero-order chi connectivity index (χ0) is 17.6. The summed E-state index contributed by atoms with van der Waals surface area (Å²) < 4.78 is 40.2. The first kappa shape index (κ1) is 15.5. The van der Waals surface area contributed by atoms with Gasteiger partial charge in [0.1, 0.15) is 11.6 Å². The first-order valence-corrected chi connectivity index (χ1v) is 8.83. The molecule has 1 N–H and O–H groups in total. The lowest BCUT2D eigenvalue weighted by Gasteiger charge is -2.07. The number of para-hydroxylation sites is 1. The molecule has 0 aliphatic rings. The molecule has 0 saturated carbocycles. The second-order valence-corrected chi connectivity index (χ2v) is 7.18. The molecule has 0 amide bonds. The van der Waals surface area contributed by atoms with Crippen LogP contribution < -0.4 is 5.32 Å².